The van der Waals surface area contributed by atoms with Gasteiger partial charge in [-0.2, -0.15) is 0 Å². The normalized spacial score (nSPS) is 14.7. The van der Waals surface area contributed by atoms with Gasteiger partial charge in [0, 0.05) is 24.2 Å². The summed E-state index contributed by atoms with van der Waals surface area (Å²) in [6.45, 7) is 2.58. The number of rotatable bonds is 7. The third-order valence-electron chi connectivity index (χ3n) is 4.87. The average Bonchev–Trinajstić information content (AvgIpc) is 3.50. The minimum atomic E-state index is -0.422. The maximum absolute atomic E-state index is 13.2. The van der Waals surface area contributed by atoms with Gasteiger partial charge in [-0.25, -0.2) is 0 Å². The van der Waals surface area contributed by atoms with Gasteiger partial charge in [0.1, 0.15) is 0 Å². The van der Waals surface area contributed by atoms with Crippen LogP contribution < -0.4 is 0 Å². The Morgan fingerprint density at radius 1 is 1.27 bits per heavy atom. The highest BCUT2D eigenvalue weighted by Crippen LogP contribution is 2.37. The summed E-state index contributed by atoms with van der Waals surface area (Å²) < 4.78 is 0. The smallest absolute Gasteiger partial charge is 0.283 e. The molecule has 1 saturated carbocycles. The zero-order chi connectivity index (χ0) is 18.7. The number of nitro groups is 1. The van der Waals surface area contributed by atoms with Crippen LogP contribution in [0, 0.1) is 16.0 Å². The van der Waals surface area contributed by atoms with Gasteiger partial charge in [0.25, 0.3) is 11.6 Å². The van der Waals surface area contributed by atoms with Gasteiger partial charge in [-0.15, -0.1) is 11.8 Å². The molecule has 1 fully saturated rings. The molecule has 0 radical (unpaired) electrons. The lowest BCUT2D eigenvalue weighted by molar-refractivity contribution is -0.387. The molecule has 1 amide bonds. The summed E-state index contributed by atoms with van der Waals surface area (Å²) in [5, 5.41) is 11.3. The first kappa shape index (κ1) is 18.5. The summed E-state index contributed by atoms with van der Waals surface area (Å²) in [4.78, 5) is 26.5. The Kier molecular flexibility index (Phi) is 5.61. The molecular formula is C20H22N2O3S. The van der Waals surface area contributed by atoms with E-state index in [0.29, 0.717) is 22.9 Å². The largest absolute Gasteiger partial charge is 0.331 e. The lowest BCUT2D eigenvalue weighted by Gasteiger charge is -2.30. The number of nitro benzene ring substituents is 1. The maximum Gasteiger partial charge on any atom is 0.283 e. The van der Waals surface area contributed by atoms with Gasteiger partial charge in [0.05, 0.1) is 9.82 Å². The van der Waals surface area contributed by atoms with Crippen LogP contribution in [-0.2, 0) is 6.54 Å². The molecule has 3 rings (SSSR count). The molecule has 1 unspecified atom stereocenters. The van der Waals surface area contributed by atoms with Crippen LogP contribution in [0.4, 0.5) is 5.69 Å². The summed E-state index contributed by atoms with van der Waals surface area (Å²) in [7, 11) is 0. The number of thioether (sulfide) groups is 1. The first-order valence-electron chi connectivity index (χ1n) is 8.68. The number of benzene rings is 2. The molecule has 0 aliphatic heterocycles. The quantitative estimate of drug-likeness (QED) is 0.400. The predicted octanol–water partition coefficient (Wildman–Crippen LogP) is 4.76. The van der Waals surface area contributed by atoms with Crippen LogP contribution in [0.15, 0.2) is 53.4 Å². The van der Waals surface area contributed by atoms with Gasteiger partial charge in [-0.05, 0) is 49.6 Å². The van der Waals surface area contributed by atoms with Crippen molar-refractivity contribution >= 4 is 23.4 Å². The van der Waals surface area contributed by atoms with E-state index < -0.39 is 4.92 Å². The van der Waals surface area contributed by atoms with Gasteiger partial charge in [-0.3, -0.25) is 14.9 Å². The standard InChI is InChI=1S/C20H22N2O3S/c1-14(16-8-9-16)21(13-15-6-4-3-5-7-15)20(23)17-10-11-19(26-2)18(12-17)22(24)25/h3-7,10-12,14,16H,8-9,13H2,1-2H3. The van der Waals surface area contributed by atoms with Crippen LogP contribution in [0.1, 0.15) is 35.7 Å². The van der Waals surface area contributed by atoms with Crippen molar-refractivity contribution in [3.63, 3.8) is 0 Å². The zero-order valence-electron chi connectivity index (χ0n) is 14.9. The summed E-state index contributed by atoms with van der Waals surface area (Å²) >= 11 is 1.31. The van der Waals surface area contributed by atoms with Crippen molar-refractivity contribution in [3.8, 4) is 0 Å². The molecule has 0 saturated heterocycles. The highest BCUT2D eigenvalue weighted by molar-refractivity contribution is 7.98. The second kappa shape index (κ2) is 7.91. The molecule has 1 atom stereocenters. The SMILES string of the molecule is CSc1ccc(C(=O)N(Cc2ccccc2)C(C)C2CC2)cc1[N+](=O)[O-]. The molecule has 0 heterocycles. The summed E-state index contributed by atoms with van der Waals surface area (Å²) in [5.41, 5.74) is 1.42. The third kappa shape index (κ3) is 4.07. The van der Waals surface area contributed by atoms with E-state index >= 15 is 0 Å². The van der Waals surface area contributed by atoms with Crippen LogP contribution in [0.5, 0.6) is 0 Å². The summed E-state index contributed by atoms with van der Waals surface area (Å²) in [5.74, 6) is 0.368. The molecule has 0 aromatic heterocycles. The van der Waals surface area contributed by atoms with E-state index in [2.05, 4.69) is 6.92 Å². The van der Waals surface area contributed by atoms with Gasteiger partial charge in [0.2, 0.25) is 0 Å². The third-order valence-corrected chi connectivity index (χ3v) is 5.66. The van der Waals surface area contributed by atoms with E-state index in [1.807, 2.05) is 35.2 Å². The Balaban J connectivity index is 1.91. The molecule has 6 heteroatoms. The topological polar surface area (TPSA) is 63.5 Å². The Morgan fingerprint density at radius 3 is 2.54 bits per heavy atom. The number of nitrogens with zero attached hydrogens (tertiary/aromatic N) is 2. The minimum Gasteiger partial charge on any atom is -0.331 e. The number of carbonyl (C=O) groups excluding carboxylic acids is 1. The molecule has 0 bridgehead atoms. The fourth-order valence-corrected chi connectivity index (χ4v) is 3.69. The lowest BCUT2D eigenvalue weighted by atomic mass is 10.1. The van der Waals surface area contributed by atoms with E-state index in [1.54, 1.807) is 18.4 Å². The molecular weight excluding hydrogens is 348 g/mol. The summed E-state index contributed by atoms with van der Waals surface area (Å²) in [6, 6.07) is 14.7. The van der Waals surface area contributed by atoms with Gasteiger partial charge < -0.3 is 4.90 Å². The number of carbonyl (C=O) groups is 1. The fourth-order valence-electron chi connectivity index (χ4n) is 3.15. The number of hydrogen-bond donors (Lipinski definition) is 0. The van der Waals surface area contributed by atoms with Crippen LogP contribution in [0.2, 0.25) is 0 Å². The Bertz CT molecular complexity index is 806. The van der Waals surface area contributed by atoms with Gasteiger partial charge in [0.15, 0.2) is 0 Å². The molecule has 0 N–H and O–H groups in total. The summed E-state index contributed by atoms with van der Waals surface area (Å²) in [6.07, 6.45) is 4.05. The van der Waals surface area contributed by atoms with E-state index in [4.69, 9.17) is 0 Å². The van der Waals surface area contributed by atoms with Crippen molar-refractivity contribution in [2.45, 2.75) is 37.2 Å². The Labute approximate surface area is 157 Å². The molecule has 1 aliphatic rings. The van der Waals surface area contributed by atoms with Crippen molar-refractivity contribution in [1.29, 1.82) is 0 Å². The minimum absolute atomic E-state index is 0.0120. The highest BCUT2D eigenvalue weighted by Gasteiger charge is 2.35. The van der Waals surface area contributed by atoms with Crippen LogP contribution in [0.3, 0.4) is 0 Å². The van der Waals surface area contributed by atoms with Gasteiger partial charge in [-0.1, -0.05) is 30.3 Å². The molecule has 0 spiro atoms. The highest BCUT2D eigenvalue weighted by atomic mass is 32.2. The lowest BCUT2D eigenvalue weighted by Crippen LogP contribution is -2.39. The molecule has 2 aromatic carbocycles. The molecule has 5 nitrogen and oxygen atoms in total. The van der Waals surface area contributed by atoms with Gasteiger partial charge >= 0.3 is 0 Å². The predicted molar refractivity (Wildman–Crippen MR) is 103 cm³/mol. The zero-order valence-corrected chi connectivity index (χ0v) is 15.7. The Morgan fingerprint density at radius 2 is 1.96 bits per heavy atom. The van der Waals surface area contributed by atoms with E-state index in [9.17, 15) is 14.9 Å². The average molecular weight is 370 g/mol. The van der Waals surface area contributed by atoms with E-state index in [0.717, 1.165) is 18.4 Å². The van der Waals surface area contributed by atoms with Crippen LogP contribution in [-0.4, -0.2) is 28.0 Å². The van der Waals surface area contributed by atoms with Crippen LogP contribution in [0.25, 0.3) is 0 Å². The molecule has 2 aromatic rings. The van der Waals surface area contributed by atoms with Crippen molar-refractivity contribution in [1.82, 2.24) is 4.90 Å². The number of amides is 1. The van der Waals surface area contributed by atoms with Crippen molar-refractivity contribution in [3.05, 3.63) is 69.8 Å². The van der Waals surface area contributed by atoms with Crippen LogP contribution >= 0.6 is 11.8 Å². The molecule has 26 heavy (non-hydrogen) atoms. The molecule has 136 valence electrons. The maximum atomic E-state index is 13.2. The monoisotopic (exact) mass is 370 g/mol. The van der Waals surface area contributed by atoms with Crippen molar-refractivity contribution in [2.75, 3.05) is 6.26 Å². The first-order valence-corrected chi connectivity index (χ1v) is 9.91. The number of hydrogen-bond acceptors (Lipinski definition) is 4. The van der Waals surface area contributed by atoms with Crippen molar-refractivity contribution in [2.24, 2.45) is 5.92 Å². The second-order valence-corrected chi connectivity index (χ2v) is 7.49. The second-order valence-electron chi connectivity index (χ2n) is 6.64. The first-order chi connectivity index (χ1) is 12.5. The van der Waals surface area contributed by atoms with E-state index in [1.165, 1.54) is 17.8 Å². The van der Waals surface area contributed by atoms with E-state index in [-0.39, 0.29) is 17.6 Å². The fraction of sp³-hybridized carbons (Fsp3) is 0.350. The van der Waals surface area contributed by atoms with Crippen molar-refractivity contribution < 1.29 is 9.72 Å². The molecule has 1 aliphatic carbocycles. The Hall–Kier alpha value is -2.34.